The van der Waals surface area contributed by atoms with Crippen LogP contribution in [0.1, 0.15) is 29.0 Å². The number of hydrogen-bond donors (Lipinski definition) is 2. The lowest BCUT2D eigenvalue weighted by molar-refractivity contribution is -0.140. The molecule has 2 aromatic carbocycles. The minimum absolute atomic E-state index is 0.0322. The predicted molar refractivity (Wildman–Crippen MR) is 136 cm³/mol. The molecule has 0 radical (unpaired) electrons. The normalized spacial score (nSPS) is 16.5. The topological polar surface area (TPSA) is 64.7 Å². The molecule has 0 saturated carbocycles. The minimum Gasteiger partial charge on any atom is -0.344 e. The van der Waals surface area contributed by atoms with E-state index in [1.165, 1.54) is 10.4 Å². The third kappa shape index (κ3) is 6.53. The number of hydrogen-bond acceptors (Lipinski definition) is 5. The zero-order valence-corrected chi connectivity index (χ0v) is 20.3. The van der Waals surface area contributed by atoms with Crippen LogP contribution in [-0.4, -0.2) is 53.8 Å². The molecule has 7 heteroatoms. The molecule has 34 heavy (non-hydrogen) atoms. The van der Waals surface area contributed by atoms with E-state index in [4.69, 9.17) is 0 Å². The number of rotatable bonds is 8. The van der Waals surface area contributed by atoms with Crippen molar-refractivity contribution in [1.82, 2.24) is 20.4 Å². The zero-order chi connectivity index (χ0) is 23.8. The molecule has 1 fully saturated rings. The molecule has 178 valence electrons. The minimum atomic E-state index is -0.603. The van der Waals surface area contributed by atoms with Gasteiger partial charge in [-0.3, -0.25) is 19.4 Å². The first-order chi connectivity index (χ1) is 16.6. The second-order valence-electron chi connectivity index (χ2n) is 8.69. The van der Waals surface area contributed by atoms with Gasteiger partial charge in [-0.25, -0.2) is 0 Å². The zero-order valence-electron chi connectivity index (χ0n) is 19.5. The molecular weight excluding hydrogens is 444 g/mol. The van der Waals surface area contributed by atoms with Crippen molar-refractivity contribution in [3.63, 3.8) is 0 Å². The Morgan fingerprint density at radius 3 is 2.12 bits per heavy atom. The van der Waals surface area contributed by atoms with Crippen LogP contribution < -0.4 is 10.6 Å². The van der Waals surface area contributed by atoms with Crippen molar-refractivity contribution in [3.05, 3.63) is 94.2 Å². The van der Waals surface area contributed by atoms with Gasteiger partial charge < -0.3 is 10.6 Å². The lowest BCUT2D eigenvalue weighted by atomic mass is 10.0. The second-order valence-corrected chi connectivity index (χ2v) is 9.67. The highest BCUT2D eigenvalue weighted by Gasteiger charge is 2.31. The molecule has 1 aliphatic heterocycles. The highest BCUT2D eigenvalue weighted by molar-refractivity contribution is 7.10. The van der Waals surface area contributed by atoms with E-state index in [0.29, 0.717) is 6.54 Å². The van der Waals surface area contributed by atoms with E-state index < -0.39 is 11.8 Å². The van der Waals surface area contributed by atoms with Crippen LogP contribution in [0.3, 0.4) is 0 Å². The van der Waals surface area contributed by atoms with E-state index in [1.54, 1.807) is 11.3 Å². The van der Waals surface area contributed by atoms with Gasteiger partial charge in [-0.05, 0) is 29.5 Å². The highest BCUT2D eigenvalue weighted by Crippen LogP contribution is 2.29. The van der Waals surface area contributed by atoms with E-state index in [-0.39, 0.29) is 12.1 Å². The van der Waals surface area contributed by atoms with E-state index >= 15 is 0 Å². The van der Waals surface area contributed by atoms with Crippen LogP contribution in [0.5, 0.6) is 0 Å². The fourth-order valence-corrected chi connectivity index (χ4v) is 5.42. The summed E-state index contributed by atoms with van der Waals surface area (Å²) >= 11 is 1.69. The van der Waals surface area contributed by atoms with E-state index in [2.05, 4.69) is 56.1 Å². The molecule has 3 aromatic rings. The molecule has 2 amide bonds. The number of amides is 2. The standard InChI is InChI=1S/C27H32N4O2S/c1-21(29-27(33)26(32)28-19-22-9-4-2-5-10-22)25(24-13-8-18-34-24)31-16-14-30(15-17-31)20-23-11-6-3-7-12-23/h2-13,18,21,25H,14-17,19-20H2,1H3,(H,28,32)(H,29,33)/t21-,25+/m0/s1. The molecule has 1 aliphatic rings. The molecule has 2 heterocycles. The Bertz CT molecular complexity index is 1040. The summed E-state index contributed by atoms with van der Waals surface area (Å²) in [7, 11) is 0. The lowest BCUT2D eigenvalue weighted by Gasteiger charge is -2.41. The van der Waals surface area contributed by atoms with Gasteiger partial charge >= 0.3 is 11.8 Å². The maximum Gasteiger partial charge on any atom is 0.309 e. The summed E-state index contributed by atoms with van der Waals surface area (Å²) < 4.78 is 0. The quantitative estimate of drug-likeness (QED) is 0.489. The second kappa shape index (κ2) is 11.9. The van der Waals surface area contributed by atoms with Gasteiger partial charge in [0.15, 0.2) is 0 Å². The molecular formula is C27H32N4O2S. The Hall–Kier alpha value is -3.00. The fraction of sp³-hybridized carbons (Fsp3) is 0.333. The monoisotopic (exact) mass is 476 g/mol. The maximum atomic E-state index is 12.6. The Balaban J connectivity index is 1.34. The molecule has 0 bridgehead atoms. The average molecular weight is 477 g/mol. The summed E-state index contributed by atoms with van der Waals surface area (Å²) in [5.41, 5.74) is 2.29. The predicted octanol–water partition coefficient (Wildman–Crippen LogP) is 3.43. The third-order valence-corrected chi connectivity index (χ3v) is 7.16. The van der Waals surface area contributed by atoms with Crippen LogP contribution in [0.4, 0.5) is 0 Å². The Labute approximate surface area is 205 Å². The first kappa shape index (κ1) is 24.1. The first-order valence-corrected chi connectivity index (χ1v) is 12.6. The molecule has 1 saturated heterocycles. The number of nitrogens with zero attached hydrogens (tertiary/aromatic N) is 2. The molecule has 0 unspecified atom stereocenters. The van der Waals surface area contributed by atoms with Crippen molar-refractivity contribution < 1.29 is 9.59 Å². The van der Waals surface area contributed by atoms with Crippen molar-refractivity contribution in [2.75, 3.05) is 26.2 Å². The first-order valence-electron chi connectivity index (χ1n) is 11.8. The number of thiophene rings is 1. The number of piperazine rings is 1. The van der Waals surface area contributed by atoms with Crippen molar-refractivity contribution >= 4 is 23.2 Å². The number of benzene rings is 2. The van der Waals surface area contributed by atoms with Gasteiger partial charge in [-0.2, -0.15) is 0 Å². The largest absolute Gasteiger partial charge is 0.344 e. The highest BCUT2D eigenvalue weighted by atomic mass is 32.1. The summed E-state index contributed by atoms with van der Waals surface area (Å²) in [5.74, 6) is -1.19. The summed E-state index contributed by atoms with van der Waals surface area (Å²) in [4.78, 5) is 31.2. The number of carbonyl (C=O) groups is 2. The van der Waals surface area contributed by atoms with Crippen molar-refractivity contribution in [3.8, 4) is 0 Å². The van der Waals surface area contributed by atoms with Gasteiger partial charge in [0.2, 0.25) is 0 Å². The van der Waals surface area contributed by atoms with Crippen LogP contribution in [0.2, 0.25) is 0 Å². The fourth-order valence-electron chi connectivity index (χ4n) is 4.45. The Kier molecular flexibility index (Phi) is 8.46. The van der Waals surface area contributed by atoms with E-state index in [1.807, 2.05) is 49.4 Å². The van der Waals surface area contributed by atoms with Gasteiger partial charge in [-0.1, -0.05) is 66.7 Å². The molecule has 1 aromatic heterocycles. The third-order valence-electron chi connectivity index (χ3n) is 6.22. The van der Waals surface area contributed by atoms with Crippen molar-refractivity contribution in [2.45, 2.75) is 32.1 Å². The van der Waals surface area contributed by atoms with Crippen LogP contribution in [0.15, 0.2) is 78.2 Å². The van der Waals surface area contributed by atoms with Gasteiger partial charge in [-0.15, -0.1) is 11.3 Å². The molecule has 2 N–H and O–H groups in total. The van der Waals surface area contributed by atoms with Gasteiger partial charge in [0, 0.05) is 50.2 Å². The molecule has 0 aliphatic carbocycles. The van der Waals surface area contributed by atoms with Gasteiger partial charge in [0.25, 0.3) is 0 Å². The summed E-state index contributed by atoms with van der Waals surface area (Å²) in [6.07, 6.45) is 0. The van der Waals surface area contributed by atoms with Crippen LogP contribution in [-0.2, 0) is 22.7 Å². The smallest absolute Gasteiger partial charge is 0.309 e. The van der Waals surface area contributed by atoms with Crippen molar-refractivity contribution in [1.29, 1.82) is 0 Å². The Morgan fingerprint density at radius 2 is 1.50 bits per heavy atom. The van der Waals surface area contributed by atoms with E-state index in [9.17, 15) is 9.59 Å². The van der Waals surface area contributed by atoms with E-state index in [0.717, 1.165) is 38.3 Å². The van der Waals surface area contributed by atoms with Crippen LogP contribution in [0.25, 0.3) is 0 Å². The molecule has 2 atom stereocenters. The van der Waals surface area contributed by atoms with Crippen molar-refractivity contribution in [2.24, 2.45) is 0 Å². The Morgan fingerprint density at radius 1 is 0.853 bits per heavy atom. The summed E-state index contributed by atoms with van der Waals surface area (Å²) in [5, 5.41) is 7.74. The van der Waals surface area contributed by atoms with Crippen LogP contribution >= 0.6 is 11.3 Å². The van der Waals surface area contributed by atoms with Gasteiger partial charge in [0.1, 0.15) is 0 Å². The summed E-state index contributed by atoms with van der Waals surface area (Å²) in [6, 6.07) is 24.1. The number of carbonyl (C=O) groups excluding carboxylic acids is 2. The SMILES string of the molecule is C[C@H](NC(=O)C(=O)NCc1ccccc1)[C@H](c1cccs1)N1CCN(Cc2ccccc2)CC1. The maximum absolute atomic E-state index is 12.6. The van der Waals surface area contributed by atoms with Crippen LogP contribution in [0, 0.1) is 0 Å². The molecule has 4 rings (SSSR count). The lowest BCUT2D eigenvalue weighted by Crippen LogP contribution is -2.53. The molecule has 0 spiro atoms. The van der Waals surface area contributed by atoms with Gasteiger partial charge in [0.05, 0.1) is 6.04 Å². The number of nitrogens with one attached hydrogen (secondary N) is 2. The average Bonchev–Trinajstić information content (AvgIpc) is 3.39. The molecule has 6 nitrogen and oxygen atoms in total. The summed E-state index contributed by atoms with van der Waals surface area (Å²) in [6.45, 7) is 7.03.